The summed E-state index contributed by atoms with van der Waals surface area (Å²) in [7, 11) is 0. The second kappa shape index (κ2) is 5.33. The molecular weight excluding hydrogens is 344 g/mol. The Labute approximate surface area is 149 Å². The smallest absolute Gasteiger partial charge is 0.254 e. The number of imide groups is 1. The first-order valence-corrected chi connectivity index (χ1v) is 8.70. The molecule has 25 heavy (non-hydrogen) atoms. The summed E-state index contributed by atoms with van der Waals surface area (Å²) in [4.78, 5) is 25.4. The molecule has 5 aliphatic rings. The molecule has 2 fully saturated rings. The standard InChI is InChI=1S/C18H15ClN2O4/c19-12-6-14-13(24-8-25-14)5-11(12)7-20-21-17(22)15-9-1-2-10(4-3-9)16(15)18(21)23/h1-2,5-7,9-10,15-16H,3-4,8H2/b20-7-/t9-,10-,15-,16-/m0/s1. The zero-order valence-electron chi connectivity index (χ0n) is 13.2. The van der Waals surface area contributed by atoms with Gasteiger partial charge < -0.3 is 9.47 Å². The first kappa shape index (κ1) is 15.0. The SMILES string of the molecule is O=C1[C@@H]2[C@@H](C(=O)N1/N=C\c1cc3c(cc1Cl)OCO3)[C@H]1C=C[C@H]2CC1. The molecule has 6 rings (SSSR count). The van der Waals surface area contributed by atoms with E-state index in [0.29, 0.717) is 22.1 Å². The van der Waals surface area contributed by atoms with Crippen molar-refractivity contribution in [1.29, 1.82) is 0 Å². The van der Waals surface area contributed by atoms with Crippen LogP contribution < -0.4 is 9.47 Å². The molecule has 0 N–H and O–H groups in total. The summed E-state index contributed by atoms with van der Waals surface area (Å²) in [5.41, 5.74) is 0.572. The van der Waals surface area contributed by atoms with Crippen LogP contribution in [0, 0.1) is 23.7 Å². The number of nitrogens with zero attached hydrogens (tertiary/aromatic N) is 2. The lowest BCUT2D eigenvalue weighted by molar-refractivity contribution is -0.140. The van der Waals surface area contributed by atoms with Gasteiger partial charge in [-0.2, -0.15) is 10.1 Å². The fourth-order valence-corrected chi connectivity index (χ4v) is 4.53. The largest absolute Gasteiger partial charge is 0.454 e. The van der Waals surface area contributed by atoms with Gasteiger partial charge in [0.15, 0.2) is 11.5 Å². The molecule has 2 aliphatic heterocycles. The Kier molecular flexibility index (Phi) is 3.19. The van der Waals surface area contributed by atoms with Crippen LogP contribution in [-0.4, -0.2) is 29.8 Å². The molecule has 6 nitrogen and oxygen atoms in total. The minimum Gasteiger partial charge on any atom is -0.454 e. The number of rotatable bonds is 2. The first-order chi connectivity index (χ1) is 12.1. The zero-order chi connectivity index (χ0) is 17.1. The Morgan fingerprint density at radius 2 is 1.64 bits per heavy atom. The van der Waals surface area contributed by atoms with E-state index in [1.807, 2.05) is 0 Å². The molecule has 2 bridgehead atoms. The highest BCUT2D eigenvalue weighted by Crippen LogP contribution is 2.49. The van der Waals surface area contributed by atoms with Crippen LogP contribution in [0.4, 0.5) is 0 Å². The number of carbonyl (C=O) groups excluding carboxylic acids is 2. The number of fused-ring (bicyclic) bond motifs is 2. The van der Waals surface area contributed by atoms with E-state index in [-0.39, 0.29) is 42.3 Å². The minimum absolute atomic E-state index is 0.147. The molecule has 2 heterocycles. The number of benzene rings is 1. The molecule has 1 saturated heterocycles. The summed E-state index contributed by atoms with van der Waals surface area (Å²) >= 11 is 6.22. The van der Waals surface area contributed by atoms with Gasteiger partial charge in [0.1, 0.15) is 0 Å². The van der Waals surface area contributed by atoms with Gasteiger partial charge in [-0.05, 0) is 30.7 Å². The van der Waals surface area contributed by atoms with E-state index in [4.69, 9.17) is 21.1 Å². The quantitative estimate of drug-likeness (QED) is 0.463. The molecule has 0 radical (unpaired) electrons. The Morgan fingerprint density at radius 1 is 1.04 bits per heavy atom. The van der Waals surface area contributed by atoms with Crippen LogP contribution in [0.25, 0.3) is 0 Å². The Morgan fingerprint density at radius 3 is 2.24 bits per heavy atom. The second-order valence-corrected chi connectivity index (χ2v) is 7.21. The van der Waals surface area contributed by atoms with Crippen LogP contribution in [0.3, 0.4) is 0 Å². The summed E-state index contributed by atoms with van der Waals surface area (Å²) in [6.45, 7) is 0.147. The average Bonchev–Trinajstić information content (AvgIpc) is 3.18. The van der Waals surface area contributed by atoms with Gasteiger partial charge >= 0.3 is 0 Å². The monoisotopic (exact) mass is 358 g/mol. The molecule has 1 aromatic rings. The maximum Gasteiger partial charge on any atom is 0.254 e. The molecule has 3 aliphatic carbocycles. The highest BCUT2D eigenvalue weighted by atomic mass is 35.5. The number of hydrogen-bond donors (Lipinski definition) is 0. The van der Waals surface area contributed by atoms with Gasteiger partial charge in [0.25, 0.3) is 11.8 Å². The molecule has 0 unspecified atom stereocenters. The molecule has 2 amide bonds. The normalized spacial score (nSPS) is 32.1. The van der Waals surface area contributed by atoms with E-state index in [2.05, 4.69) is 17.3 Å². The van der Waals surface area contributed by atoms with Crippen LogP contribution in [0.5, 0.6) is 11.5 Å². The van der Waals surface area contributed by atoms with Crippen molar-refractivity contribution in [3.05, 3.63) is 34.9 Å². The van der Waals surface area contributed by atoms with Crippen LogP contribution in [0.15, 0.2) is 29.4 Å². The van der Waals surface area contributed by atoms with Crippen molar-refractivity contribution < 1.29 is 19.1 Å². The van der Waals surface area contributed by atoms with E-state index >= 15 is 0 Å². The molecule has 1 aromatic carbocycles. The maximum atomic E-state index is 12.7. The highest BCUT2D eigenvalue weighted by molar-refractivity contribution is 6.33. The lowest BCUT2D eigenvalue weighted by Crippen LogP contribution is -2.38. The van der Waals surface area contributed by atoms with Crippen molar-refractivity contribution in [3.8, 4) is 11.5 Å². The third kappa shape index (κ3) is 2.13. The first-order valence-electron chi connectivity index (χ1n) is 8.33. The number of halogens is 1. The van der Waals surface area contributed by atoms with E-state index in [1.165, 1.54) is 6.21 Å². The van der Waals surface area contributed by atoms with Gasteiger partial charge in [-0.3, -0.25) is 9.59 Å². The summed E-state index contributed by atoms with van der Waals surface area (Å²) in [6, 6.07) is 3.33. The van der Waals surface area contributed by atoms with Crippen molar-refractivity contribution in [3.63, 3.8) is 0 Å². The zero-order valence-corrected chi connectivity index (χ0v) is 14.0. The molecule has 128 valence electrons. The topological polar surface area (TPSA) is 68.2 Å². The number of hydrazone groups is 1. The molecular formula is C18H15ClN2O4. The van der Waals surface area contributed by atoms with E-state index < -0.39 is 0 Å². The fraction of sp³-hybridized carbons (Fsp3) is 0.389. The lowest BCUT2D eigenvalue weighted by atomic mass is 9.63. The summed E-state index contributed by atoms with van der Waals surface area (Å²) in [6.07, 6.45) is 7.54. The van der Waals surface area contributed by atoms with Crippen molar-refractivity contribution >= 4 is 29.6 Å². The summed E-state index contributed by atoms with van der Waals surface area (Å²) in [5, 5.41) is 5.61. The highest BCUT2D eigenvalue weighted by Gasteiger charge is 2.56. The van der Waals surface area contributed by atoms with Crippen molar-refractivity contribution in [2.24, 2.45) is 28.8 Å². The summed E-state index contributed by atoms with van der Waals surface area (Å²) in [5.74, 6) is 0.511. The third-order valence-corrected chi connectivity index (χ3v) is 5.87. The molecule has 7 heteroatoms. The molecule has 0 spiro atoms. The third-order valence-electron chi connectivity index (χ3n) is 5.54. The van der Waals surface area contributed by atoms with Crippen molar-refractivity contribution in [2.75, 3.05) is 6.79 Å². The van der Waals surface area contributed by atoms with Crippen molar-refractivity contribution in [2.45, 2.75) is 12.8 Å². The van der Waals surface area contributed by atoms with Gasteiger partial charge in [-0.1, -0.05) is 23.8 Å². The van der Waals surface area contributed by atoms with Crippen molar-refractivity contribution in [1.82, 2.24) is 5.01 Å². The average molecular weight is 359 g/mol. The molecule has 1 saturated carbocycles. The fourth-order valence-electron chi connectivity index (χ4n) is 4.32. The predicted octanol–water partition coefficient (Wildman–Crippen LogP) is 2.60. The van der Waals surface area contributed by atoms with Gasteiger partial charge in [-0.25, -0.2) is 0 Å². The Hall–Kier alpha value is -2.34. The van der Waals surface area contributed by atoms with Crippen LogP contribution in [-0.2, 0) is 9.59 Å². The molecule has 0 aromatic heterocycles. The number of ether oxygens (including phenoxy) is 2. The minimum atomic E-state index is -0.263. The summed E-state index contributed by atoms with van der Waals surface area (Å²) < 4.78 is 10.6. The lowest BCUT2D eigenvalue weighted by Gasteiger charge is -2.37. The number of amides is 2. The van der Waals surface area contributed by atoms with E-state index in [1.54, 1.807) is 12.1 Å². The van der Waals surface area contributed by atoms with Gasteiger partial charge in [0.05, 0.1) is 23.1 Å². The number of allylic oxidation sites excluding steroid dienone is 2. The molecule has 4 atom stereocenters. The van der Waals surface area contributed by atoms with Gasteiger partial charge in [-0.15, -0.1) is 0 Å². The number of carbonyl (C=O) groups is 2. The van der Waals surface area contributed by atoms with Crippen LogP contribution in [0.2, 0.25) is 5.02 Å². The van der Waals surface area contributed by atoms with Crippen LogP contribution in [0.1, 0.15) is 18.4 Å². The van der Waals surface area contributed by atoms with E-state index in [9.17, 15) is 9.59 Å². The Bertz CT molecular complexity index is 818. The van der Waals surface area contributed by atoms with E-state index in [0.717, 1.165) is 17.9 Å². The predicted molar refractivity (Wildman–Crippen MR) is 89.4 cm³/mol. The van der Waals surface area contributed by atoms with Gasteiger partial charge in [0, 0.05) is 11.6 Å². The second-order valence-electron chi connectivity index (χ2n) is 6.80. The van der Waals surface area contributed by atoms with Crippen LogP contribution >= 0.6 is 11.6 Å². The Balaban J connectivity index is 1.44. The van der Waals surface area contributed by atoms with Gasteiger partial charge in [0.2, 0.25) is 6.79 Å². The number of hydrogen-bond acceptors (Lipinski definition) is 5. The maximum absolute atomic E-state index is 12.7.